The van der Waals surface area contributed by atoms with Gasteiger partial charge in [-0.3, -0.25) is 9.78 Å². The number of carbonyl (C=O) groups is 1. The van der Waals surface area contributed by atoms with Gasteiger partial charge in [0.15, 0.2) is 11.6 Å². The second kappa shape index (κ2) is 10.1. The van der Waals surface area contributed by atoms with Crippen LogP contribution in [0.2, 0.25) is 0 Å². The van der Waals surface area contributed by atoms with Crippen molar-refractivity contribution in [3.8, 4) is 0 Å². The van der Waals surface area contributed by atoms with E-state index in [1.807, 2.05) is 43.1 Å². The molecule has 35 heavy (non-hydrogen) atoms. The van der Waals surface area contributed by atoms with Gasteiger partial charge in [-0.15, -0.1) is 0 Å². The highest BCUT2D eigenvalue weighted by Crippen LogP contribution is 2.46. The van der Waals surface area contributed by atoms with E-state index in [-0.39, 0.29) is 12.3 Å². The number of anilines is 2. The minimum absolute atomic E-state index is 0.147. The summed E-state index contributed by atoms with van der Waals surface area (Å²) in [7, 11) is 1.84. The molecule has 1 aromatic heterocycles. The molecular weight excluding hydrogens is 454 g/mol. The number of carboxylic acid groups (broad SMARTS) is 1. The number of hydrogen-bond donors (Lipinski definition) is 3. The van der Waals surface area contributed by atoms with Crippen molar-refractivity contribution in [1.82, 2.24) is 4.98 Å². The van der Waals surface area contributed by atoms with Crippen LogP contribution in [-0.2, 0) is 4.79 Å². The molecule has 0 amide bonds. The summed E-state index contributed by atoms with van der Waals surface area (Å²) in [5.74, 6) is -2.95. The Morgan fingerprint density at radius 2 is 1.83 bits per heavy atom. The van der Waals surface area contributed by atoms with E-state index < -0.39 is 36.2 Å². The second-order valence-corrected chi connectivity index (χ2v) is 9.13. The van der Waals surface area contributed by atoms with Crippen LogP contribution in [0.25, 0.3) is 17.0 Å². The van der Waals surface area contributed by atoms with Crippen molar-refractivity contribution < 1.29 is 28.9 Å². The minimum atomic E-state index is -1.20. The number of benzene rings is 2. The van der Waals surface area contributed by atoms with E-state index >= 15 is 0 Å². The summed E-state index contributed by atoms with van der Waals surface area (Å²) in [6, 6.07) is 10.0. The molecule has 1 aliphatic rings. The van der Waals surface area contributed by atoms with Crippen molar-refractivity contribution >= 4 is 34.3 Å². The van der Waals surface area contributed by atoms with Crippen molar-refractivity contribution in [1.29, 1.82) is 0 Å². The molecule has 0 unspecified atom stereocenters. The van der Waals surface area contributed by atoms with Gasteiger partial charge in [0.1, 0.15) is 0 Å². The van der Waals surface area contributed by atoms with Crippen molar-refractivity contribution in [3.63, 3.8) is 0 Å². The third-order valence-corrected chi connectivity index (χ3v) is 6.20. The van der Waals surface area contributed by atoms with Crippen LogP contribution in [0.15, 0.2) is 42.5 Å². The smallest absolute Gasteiger partial charge is 0.305 e. The van der Waals surface area contributed by atoms with Gasteiger partial charge in [0.05, 0.1) is 35.5 Å². The minimum Gasteiger partial charge on any atom is -0.481 e. The largest absolute Gasteiger partial charge is 0.481 e. The SMILES string of the molecule is Cc1ccc(N(C)c2c(/C=C/[C@@H](O)C[C@@H](O)CC(=O)O)c(C3CC3)nc3cc(F)c(F)cc23)cc1. The molecule has 1 saturated carbocycles. The topological polar surface area (TPSA) is 93.9 Å². The highest BCUT2D eigenvalue weighted by atomic mass is 19.2. The van der Waals surface area contributed by atoms with Gasteiger partial charge in [-0.2, -0.15) is 0 Å². The van der Waals surface area contributed by atoms with Crippen molar-refractivity contribution in [3.05, 3.63) is 70.9 Å². The molecule has 0 saturated heterocycles. The zero-order chi connectivity index (χ0) is 25.3. The van der Waals surface area contributed by atoms with E-state index in [4.69, 9.17) is 5.11 Å². The third-order valence-electron chi connectivity index (χ3n) is 6.20. The lowest BCUT2D eigenvalue weighted by molar-refractivity contribution is -0.139. The average molecular weight is 483 g/mol. The van der Waals surface area contributed by atoms with E-state index in [2.05, 4.69) is 4.98 Å². The fraction of sp³-hybridized carbons (Fsp3) is 0.333. The van der Waals surface area contributed by atoms with E-state index in [1.165, 1.54) is 6.08 Å². The van der Waals surface area contributed by atoms with Gasteiger partial charge >= 0.3 is 5.97 Å². The number of aliphatic carboxylic acids is 1. The maximum Gasteiger partial charge on any atom is 0.305 e. The Bertz CT molecular complexity index is 1270. The van der Waals surface area contributed by atoms with Gasteiger partial charge in [-0.05, 0) is 38.0 Å². The summed E-state index contributed by atoms with van der Waals surface area (Å²) in [4.78, 5) is 17.4. The Morgan fingerprint density at radius 1 is 1.17 bits per heavy atom. The second-order valence-electron chi connectivity index (χ2n) is 9.13. The molecule has 1 aliphatic carbocycles. The molecule has 8 heteroatoms. The van der Waals surface area contributed by atoms with Gasteiger partial charge in [-0.1, -0.05) is 29.8 Å². The Labute approximate surface area is 202 Å². The average Bonchev–Trinajstić information content (AvgIpc) is 3.62. The van der Waals surface area contributed by atoms with Crippen LogP contribution >= 0.6 is 0 Å². The first-order chi connectivity index (χ1) is 16.6. The van der Waals surface area contributed by atoms with Crippen molar-refractivity contribution in [2.24, 2.45) is 0 Å². The molecule has 0 radical (unpaired) electrons. The number of aromatic nitrogens is 1. The molecule has 2 atom stereocenters. The molecule has 3 aromatic rings. The lowest BCUT2D eigenvalue weighted by atomic mass is 9.99. The summed E-state index contributed by atoms with van der Waals surface area (Å²) in [5.41, 5.74) is 4.27. The number of hydrogen-bond acceptors (Lipinski definition) is 5. The Morgan fingerprint density at radius 3 is 2.46 bits per heavy atom. The number of aryl methyl sites for hydroxylation is 1. The number of fused-ring (bicyclic) bond motifs is 1. The Hall–Kier alpha value is -3.36. The summed E-state index contributed by atoms with van der Waals surface area (Å²) in [6.45, 7) is 1.98. The number of rotatable bonds is 9. The lowest BCUT2D eigenvalue weighted by Gasteiger charge is -2.26. The first-order valence-corrected chi connectivity index (χ1v) is 11.5. The number of aliphatic hydroxyl groups excluding tert-OH is 2. The van der Waals surface area contributed by atoms with Crippen molar-refractivity contribution in [2.75, 3.05) is 11.9 Å². The lowest BCUT2D eigenvalue weighted by Crippen LogP contribution is -2.19. The molecule has 4 rings (SSSR count). The summed E-state index contributed by atoms with van der Waals surface area (Å²) < 4.78 is 28.5. The molecule has 1 heterocycles. The fourth-order valence-electron chi connectivity index (χ4n) is 4.22. The van der Waals surface area contributed by atoms with Crippen LogP contribution in [0.4, 0.5) is 20.2 Å². The number of halogens is 2. The summed E-state index contributed by atoms with van der Waals surface area (Å²) in [5, 5.41) is 29.6. The van der Waals surface area contributed by atoms with Gasteiger partial charge in [0.2, 0.25) is 0 Å². The normalized spacial score (nSPS) is 15.5. The molecule has 6 nitrogen and oxygen atoms in total. The molecule has 2 aromatic carbocycles. The molecular formula is C27H28F2N2O4. The Kier molecular flexibility index (Phi) is 7.14. The zero-order valence-corrected chi connectivity index (χ0v) is 19.6. The van der Waals surface area contributed by atoms with E-state index in [0.29, 0.717) is 22.2 Å². The number of pyridine rings is 1. The molecule has 3 N–H and O–H groups in total. The monoisotopic (exact) mass is 482 g/mol. The zero-order valence-electron chi connectivity index (χ0n) is 19.6. The highest BCUT2D eigenvalue weighted by molar-refractivity contribution is 5.99. The van der Waals surface area contributed by atoms with Gasteiger partial charge in [0, 0.05) is 42.1 Å². The number of aliphatic hydroxyl groups is 2. The summed E-state index contributed by atoms with van der Waals surface area (Å²) >= 11 is 0. The predicted octanol–water partition coefficient (Wildman–Crippen LogP) is 5.07. The molecule has 0 aliphatic heterocycles. The van der Waals surface area contributed by atoms with Gasteiger partial charge in [-0.25, -0.2) is 8.78 Å². The van der Waals surface area contributed by atoms with Crippen LogP contribution in [0.5, 0.6) is 0 Å². The van der Waals surface area contributed by atoms with Gasteiger partial charge < -0.3 is 20.2 Å². The maximum absolute atomic E-state index is 14.4. The van der Waals surface area contributed by atoms with Crippen LogP contribution < -0.4 is 4.90 Å². The van der Waals surface area contributed by atoms with E-state index in [1.54, 1.807) is 6.08 Å². The number of carboxylic acids is 1. The number of nitrogens with zero attached hydrogens (tertiary/aromatic N) is 2. The first kappa shape index (κ1) is 24.8. The molecule has 0 spiro atoms. The maximum atomic E-state index is 14.4. The first-order valence-electron chi connectivity index (χ1n) is 11.5. The van der Waals surface area contributed by atoms with Crippen LogP contribution in [0.3, 0.4) is 0 Å². The van der Waals surface area contributed by atoms with E-state index in [9.17, 15) is 23.8 Å². The van der Waals surface area contributed by atoms with Crippen molar-refractivity contribution in [2.45, 2.75) is 50.7 Å². The fourth-order valence-corrected chi connectivity index (χ4v) is 4.22. The molecule has 1 fully saturated rings. The summed E-state index contributed by atoms with van der Waals surface area (Å²) in [6.07, 6.45) is 2.07. The third kappa shape index (κ3) is 5.66. The van der Waals surface area contributed by atoms with Gasteiger partial charge in [0.25, 0.3) is 0 Å². The van der Waals surface area contributed by atoms with Crippen LogP contribution in [-0.4, -0.2) is 45.5 Å². The highest BCUT2D eigenvalue weighted by Gasteiger charge is 2.31. The van der Waals surface area contributed by atoms with E-state index in [0.717, 1.165) is 41.9 Å². The van der Waals surface area contributed by atoms with Crippen LogP contribution in [0.1, 0.15) is 48.4 Å². The predicted molar refractivity (Wildman–Crippen MR) is 131 cm³/mol. The quantitative estimate of drug-likeness (QED) is 0.394. The Balaban J connectivity index is 1.84. The standard InChI is InChI=1S/C27H28F2N2O4/c1-15-3-7-17(8-4-15)31(2)27-20(10-9-18(32)11-19(33)12-25(34)35)26(16-5-6-16)30-24-14-23(29)22(28)13-21(24)27/h3-4,7-10,13-14,16,18-19,32-33H,5-6,11-12H2,1-2H3,(H,34,35)/b10-9+/t18-,19-/m1/s1. The molecule has 184 valence electrons. The van der Waals surface area contributed by atoms with Crippen LogP contribution in [0, 0.1) is 18.6 Å². The molecule has 0 bridgehead atoms.